The molecule has 1 saturated heterocycles. The lowest BCUT2D eigenvalue weighted by Gasteiger charge is -2.16. The van der Waals surface area contributed by atoms with E-state index in [9.17, 15) is 18.5 Å². The summed E-state index contributed by atoms with van der Waals surface area (Å²) in [5.74, 6) is 3.38. The van der Waals surface area contributed by atoms with Crippen LogP contribution in [0.4, 0.5) is 10.1 Å². The van der Waals surface area contributed by atoms with Crippen LogP contribution in [-0.4, -0.2) is 31.7 Å². The number of phenols is 1. The summed E-state index contributed by atoms with van der Waals surface area (Å²) in [7, 11) is 0. The van der Waals surface area contributed by atoms with Crippen LogP contribution in [-0.2, 0) is 16.0 Å². The quantitative estimate of drug-likeness (QED) is 0.729. The molecule has 2 aromatic rings. The van der Waals surface area contributed by atoms with Crippen molar-refractivity contribution in [3.63, 3.8) is 0 Å². The summed E-state index contributed by atoms with van der Waals surface area (Å²) in [6.45, 7) is -0.321. The first-order valence-corrected chi connectivity index (χ1v) is 7.45. The minimum atomic E-state index is -1.95. The van der Waals surface area contributed by atoms with Crippen molar-refractivity contribution in [1.82, 2.24) is 14.7 Å². The Morgan fingerprint density at radius 3 is 2.83 bits per heavy atom. The van der Waals surface area contributed by atoms with Gasteiger partial charge in [-0.25, -0.2) is 13.6 Å². The summed E-state index contributed by atoms with van der Waals surface area (Å²) in [6, 6.07) is 2.50. The summed E-state index contributed by atoms with van der Waals surface area (Å²) in [5, 5.41) is 9.84. The molecule has 1 aromatic carbocycles. The lowest BCUT2D eigenvalue weighted by atomic mass is 10.1. The first kappa shape index (κ1) is 14.9. The second kappa shape index (κ2) is 6.02. The molecule has 1 aliphatic heterocycles. The summed E-state index contributed by atoms with van der Waals surface area (Å²) < 4.78 is 29.4. The number of amides is 1. The van der Waals surface area contributed by atoms with Gasteiger partial charge in [-0.2, -0.15) is 0 Å². The summed E-state index contributed by atoms with van der Waals surface area (Å²) in [6.07, 6.45) is 4.36. The van der Waals surface area contributed by atoms with Crippen LogP contribution >= 0.6 is 0 Å². The third-order valence-electron chi connectivity index (χ3n) is 2.92. The number of anilines is 1. The van der Waals surface area contributed by atoms with Gasteiger partial charge in [-0.1, -0.05) is 5.92 Å². The number of hydrogen-bond acceptors (Lipinski definition) is 5. The summed E-state index contributed by atoms with van der Waals surface area (Å²) in [4.78, 5) is 19.0. The predicted octanol–water partition coefficient (Wildman–Crippen LogP) is 0.236. The fourth-order valence-electron chi connectivity index (χ4n) is 1.92. The molecule has 0 radical (unpaired) electrons. The van der Waals surface area contributed by atoms with Gasteiger partial charge in [-0.15, -0.1) is 0 Å². The number of carbonyl (C=O) groups is 1. The van der Waals surface area contributed by atoms with Gasteiger partial charge in [-0.3, -0.25) is 18.8 Å². The van der Waals surface area contributed by atoms with Crippen LogP contribution in [0.5, 0.6) is 5.75 Å². The maximum atomic E-state index is 14.6. The van der Waals surface area contributed by atoms with Crippen molar-refractivity contribution in [2.75, 3.05) is 10.8 Å². The fraction of sp³-hybridized carbons (Fsp3) is 0.0714. The zero-order valence-electron chi connectivity index (χ0n) is 11.5. The fourth-order valence-corrected chi connectivity index (χ4v) is 2.86. The molecule has 116 valence electrons. The molecule has 2 heterocycles. The molecule has 23 heavy (non-hydrogen) atoms. The number of carbonyl (C=O) groups excluding carboxylic acids is 1. The molecule has 2 N–H and O–H groups in total. The zero-order valence-corrected chi connectivity index (χ0v) is 12.3. The summed E-state index contributed by atoms with van der Waals surface area (Å²) >= 11 is -1.95. The van der Waals surface area contributed by atoms with Gasteiger partial charge in [0.05, 0.1) is 11.8 Å². The average Bonchev–Trinajstić information content (AvgIpc) is 2.86. The molecule has 1 aromatic heterocycles. The number of nitrogens with zero attached hydrogens (tertiary/aromatic N) is 3. The van der Waals surface area contributed by atoms with Gasteiger partial charge in [0.2, 0.25) is 11.2 Å². The maximum absolute atomic E-state index is 14.6. The van der Waals surface area contributed by atoms with Crippen molar-refractivity contribution in [3.8, 4) is 17.6 Å². The van der Waals surface area contributed by atoms with Crippen molar-refractivity contribution in [2.45, 2.75) is 0 Å². The molecule has 0 saturated carbocycles. The number of halogens is 1. The number of nitrogens with one attached hydrogen (secondary N) is 1. The van der Waals surface area contributed by atoms with Crippen molar-refractivity contribution in [1.29, 1.82) is 0 Å². The highest BCUT2D eigenvalue weighted by atomic mass is 32.2. The van der Waals surface area contributed by atoms with Gasteiger partial charge >= 0.3 is 0 Å². The SMILES string of the molecule is O=C1CN(c2c(O)ccc(C#Cc3cnccn3)c2F)S(=O)N1. The van der Waals surface area contributed by atoms with Crippen LogP contribution < -0.4 is 9.03 Å². The largest absolute Gasteiger partial charge is 0.506 e. The van der Waals surface area contributed by atoms with E-state index in [2.05, 4.69) is 26.5 Å². The second-order valence-electron chi connectivity index (χ2n) is 4.45. The smallest absolute Gasteiger partial charge is 0.253 e. The maximum Gasteiger partial charge on any atom is 0.253 e. The lowest BCUT2D eigenvalue weighted by Crippen LogP contribution is -2.23. The second-order valence-corrected chi connectivity index (χ2v) is 5.59. The topological polar surface area (TPSA) is 95.4 Å². The molecule has 0 bridgehead atoms. The van der Waals surface area contributed by atoms with Crippen LogP contribution in [0.25, 0.3) is 0 Å². The van der Waals surface area contributed by atoms with E-state index in [-0.39, 0.29) is 17.8 Å². The molecule has 0 aliphatic carbocycles. The highest BCUT2D eigenvalue weighted by molar-refractivity contribution is 7.85. The van der Waals surface area contributed by atoms with Crippen LogP contribution in [0.15, 0.2) is 30.7 Å². The first-order valence-electron chi connectivity index (χ1n) is 6.34. The molecule has 9 heteroatoms. The predicted molar refractivity (Wildman–Crippen MR) is 79.7 cm³/mol. The number of phenolic OH excluding ortho intramolecular Hbond substituents is 1. The van der Waals surface area contributed by atoms with E-state index in [1.54, 1.807) is 0 Å². The molecular weight excluding hydrogens is 323 g/mol. The minimum absolute atomic E-state index is 0.0280. The van der Waals surface area contributed by atoms with E-state index in [1.807, 2.05) is 0 Å². The van der Waals surface area contributed by atoms with Gasteiger partial charge in [0.15, 0.2) is 5.82 Å². The van der Waals surface area contributed by atoms with Crippen molar-refractivity contribution in [2.24, 2.45) is 0 Å². The van der Waals surface area contributed by atoms with Gasteiger partial charge in [0.1, 0.15) is 23.7 Å². The Balaban J connectivity index is 2.02. The third kappa shape index (κ3) is 2.97. The third-order valence-corrected chi connectivity index (χ3v) is 4.04. The first-order chi connectivity index (χ1) is 11.1. The number of aromatic nitrogens is 2. The van der Waals surface area contributed by atoms with E-state index in [1.165, 1.54) is 30.7 Å². The summed E-state index contributed by atoms with van der Waals surface area (Å²) in [5.41, 5.74) is -0.0180. The van der Waals surface area contributed by atoms with Gasteiger partial charge < -0.3 is 5.11 Å². The highest BCUT2D eigenvalue weighted by Crippen LogP contribution is 2.33. The Labute approximate surface area is 132 Å². The van der Waals surface area contributed by atoms with Crippen LogP contribution in [0, 0.1) is 17.7 Å². The molecule has 1 aliphatic rings. The zero-order chi connectivity index (χ0) is 16.4. The Morgan fingerprint density at radius 1 is 1.35 bits per heavy atom. The average molecular weight is 332 g/mol. The van der Waals surface area contributed by atoms with E-state index in [4.69, 9.17) is 0 Å². The Kier molecular flexibility index (Phi) is 3.91. The standard InChI is InChI=1S/C14H9FN4O3S/c15-13-9(1-3-10-7-16-5-6-17-10)2-4-11(20)14(13)19-8-12(21)18-23(19)22/h2,4-7,20H,8H2,(H,18,21). The van der Waals surface area contributed by atoms with Gasteiger partial charge in [0.25, 0.3) is 5.91 Å². The monoisotopic (exact) mass is 332 g/mol. The Morgan fingerprint density at radius 2 is 2.17 bits per heavy atom. The molecule has 1 atom stereocenters. The van der Waals surface area contributed by atoms with E-state index >= 15 is 0 Å². The number of rotatable bonds is 1. The molecule has 3 rings (SSSR count). The van der Waals surface area contributed by atoms with E-state index in [0.29, 0.717) is 5.69 Å². The molecular formula is C14H9FN4O3S. The molecule has 1 amide bonds. The van der Waals surface area contributed by atoms with Crippen molar-refractivity contribution < 1.29 is 18.5 Å². The van der Waals surface area contributed by atoms with Gasteiger partial charge in [0, 0.05) is 12.4 Å². The van der Waals surface area contributed by atoms with Gasteiger partial charge in [-0.05, 0) is 18.1 Å². The molecule has 1 fully saturated rings. The van der Waals surface area contributed by atoms with Crippen LogP contribution in [0.1, 0.15) is 11.3 Å². The minimum Gasteiger partial charge on any atom is -0.506 e. The normalized spacial score (nSPS) is 16.7. The molecule has 0 spiro atoms. The van der Waals surface area contributed by atoms with Crippen LogP contribution in [0.3, 0.4) is 0 Å². The Bertz CT molecular complexity index is 864. The van der Waals surface area contributed by atoms with Crippen molar-refractivity contribution in [3.05, 3.63) is 47.8 Å². The Hall–Kier alpha value is -2.99. The van der Waals surface area contributed by atoms with Crippen molar-refractivity contribution >= 4 is 22.8 Å². The van der Waals surface area contributed by atoms with E-state index in [0.717, 1.165) is 4.31 Å². The van der Waals surface area contributed by atoms with Crippen LogP contribution in [0.2, 0.25) is 0 Å². The number of aromatic hydroxyl groups is 1. The van der Waals surface area contributed by atoms with E-state index < -0.39 is 28.6 Å². The lowest BCUT2D eigenvalue weighted by molar-refractivity contribution is -0.117. The molecule has 1 unspecified atom stereocenters. The molecule has 7 nitrogen and oxygen atoms in total. The highest BCUT2D eigenvalue weighted by Gasteiger charge is 2.31. The number of benzene rings is 1. The number of hydrogen-bond donors (Lipinski definition) is 2.